The Labute approximate surface area is 101 Å². The zero-order valence-corrected chi connectivity index (χ0v) is 10.6. The van der Waals surface area contributed by atoms with E-state index >= 15 is 0 Å². The Bertz CT molecular complexity index is 396. The molecule has 1 aliphatic rings. The molecule has 4 nitrogen and oxygen atoms in total. The second-order valence-electron chi connectivity index (χ2n) is 5.23. The molecule has 0 amide bonds. The molecule has 0 saturated carbocycles. The molecule has 0 radical (unpaired) electrons. The van der Waals surface area contributed by atoms with Gasteiger partial charge < -0.3 is 9.84 Å². The highest BCUT2D eigenvalue weighted by atomic mass is 16.6. The number of hydrogen-bond donors (Lipinski definition) is 1. The maximum atomic E-state index is 11.8. The van der Waals surface area contributed by atoms with E-state index < -0.39 is 11.6 Å². The third-order valence-electron chi connectivity index (χ3n) is 2.43. The van der Waals surface area contributed by atoms with Gasteiger partial charge in [-0.2, -0.15) is 0 Å². The smallest absolute Gasteiger partial charge is 0.334 e. The van der Waals surface area contributed by atoms with Gasteiger partial charge in [0.05, 0.1) is 0 Å². The Morgan fingerprint density at radius 3 is 2.35 bits per heavy atom. The fraction of sp³-hybridized carbons (Fsp3) is 0.538. The largest absolute Gasteiger partial charge is 0.478 e. The lowest BCUT2D eigenvalue weighted by Crippen LogP contribution is -2.27. The van der Waals surface area contributed by atoms with Crippen molar-refractivity contribution in [2.24, 2.45) is 5.92 Å². The fourth-order valence-corrected chi connectivity index (χ4v) is 1.63. The molecule has 0 aromatic heterocycles. The van der Waals surface area contributed by atoms with Gasteiger partial charge in [0.25, 0.3) is 0 Å². The van der Waals surface area contributed by atoms with Crippen LogP contribution in [0, 0.1) is 5.92 Å². The molecule has 0 aliphatic heterocycles. The van der Waals surface area contributed by atoms with E-state index in [1.165, 1.54) is 6.08 Å². The average Bonchev–Trinajstić information content (AvgIpc) is 2.14. The quantitative estimate of drug-likeness (QED) is 0.750. The molecule has 94 valence electrons. The normalized spacial score (nSPS) is 20.4. The molecule has 0 saturated heterocycles. The van der Waals surface area contributed by atoms with Crippen LogP contribution >= 0.6 is 0 Å². The van der Waals surface area contributed by atoms with Gasteiger partial charge in [0.2, 0.25) is 0 Å². The van der Waals surface area contributed by atoms with Gasteiger partial charge in [0.1, 0.15) is 5.60 Å². The van der Waals surface area contributed by atoms with Crippen molar-refractivity contribution in [1.29, 1.82) is 0 Å². The topological polar surface area (TPSA) is 63.6 Å². The number of carboxylic acid groups (broad SMARTS) is 1. The molecular weight excluding hydrogens is 220 g/mol. The van der Waals surface area contributed by atoms with Gasteiger partial charge in [-0.3, -0.25) is 0 Å². The maximum Gasteiger partial charge on any atom is 0.334 e. The Morgan fingerprint density at radius 2 is 1.94 bits per heavy atom. The summed E-state index contributed by atoms with van der Waals surface area (Å²) in [6.45, 7) is 7.23. The summed E-state index contributed by atoms with van der Waals surface area (Å²) >= 11 is 0. The number of carbonyl (C=O) groups is 2. The highest BCUT2D eigenvalue weighted by molar-refractivity contribution is 5.93. The first kappa shape index (κ1) is 13.5. The van der Waals surface area contributed by atoms with Crippen LogP contribution in [-0.2, 0) is 14.3 Å². The van der Waals surface area contributed by atoms with E-state index in [-0.39, 0.29) is 11.9 Å². The molecule has 0 heterocycles. The van der Waals surface area contributed by atoms with Crippen molar-refractivity contribution in [3.05, 3.63) is 23.3 Å². The summed E-state index contributed by atoms with van der Waals surface area (Å²) in [5.74, 6) is -1.43. The number of allylic oxidation sites excluding steroid dienone is 2. The molecule has 1 aliphatic carbocycles. The van der Waals surface area contributed by atoms with Gasteiger partial charge in [-0.05, 0) is 33.1 Å². The van der Waals surface area contributed by atoms with Crippen LogP contribution in [0.3, 0.4) is 0 Å². The van der Waals surface area contributed by atoms with Crippen LogP contribution in [0.15, 0.2) is 23.3 Å². The summed E-state index contributed by atoms with van der Waals surface area (Å²) in [5, 5.41) is 8.85. The average molecular weight is 238 g/mol. The Hall–Kier alpha value is -1.58. The highest BCUT2D eigenvalue weighted by Gasteiger charge is 2.27. The van der Waals surface area contributed by atoms with E-state index in [2.05, 4.69) is 0 Å². The number of ether oxygens (including phenoxy) is 1. The number of hydrogen-bond acceptors (Lipinski definition) is 3. The lowest BCUT2D eigenvalue weighted by atomic mass is 9.88. The molecule has 1 atom stereocenters. The number of carboxylic acids is 1. The molecule has 0 fully saturated rings. The second kappa shape index (κ2) is 4.73. The lowest BCUT2D eigenvalue weighted by molar-refractivity contribution is -0.150. The monoisotopic (exact) mass is 238 g/mol. The van der Waals surface area contributed by atoms with Crippen LogP contribution in [0.25, 0.3) is 0 Å². The molecule has 1 rings (SSSR count). The summed E-state index contributed by atoms with van der Waals surface area (Å²) in [6.07, 6.45) is 3.38. The number of esters is 1. The summed E-state index contributed by atoms with van der Waals surface area (Å²) in [7, 11) is 0. The lowest BCUT2D eigenvalue weighted by Gasteiger charge is -2.24. The minimum absolute atomic E-state index is 0.124. The van der Waals surface area contributed by atoms with Gasteiger partial charge in [-0.25, -0.2) is 9.59 Å². The maximum absolute atomic E-state index is 11.8. The SMILES string of the molecule is CC1CC(C(=O)O)=CC=C1C(=O)OC(C)(C)C. The van der Waals surface area contributed by atoms with Crippen molar-refractivity contribution in [2.75, 3.05) is 0 Å². The predicted molar refractivity (Wildman–Crippen MR) is 63.4 cm³/mol. The van der Waals surface area contributed by atoms with Crippen LogP contribution in [0.1, 0.15) is 34.1 Å². The van der Waals surface area contributed by atoms with Gasteiger partial charge in [0, 0.05) is 11.1 Å². The highest BCUT2D eigenvalue weighted by Crippen LogP contribution is 2.27. The summed E-state index contributed by atoms with van der Waals surface area (Å²) in [4.78, 5) is 22.6. The van der Waals surface area contributed by atoms with Gasteiger partial charge >= 0.3 is 11.9 Å². The molecule has 0 spiro atoms. The molecular formula is C13H18O4. The van der Waals surface area contributed by atoms with Crippen molar-refractivity contribution >= 4 is 11.9 Å². The van der Waals surface area contributed by atoms with E-state index in [0.29, 0.717) is 17.6 Å². The zero-order chi connectivity index (χ0) is 13.2. The van der Waals surface area contributed by atoms with Crippen LogP contribution in [-0.4, -0.2) is 22.6 Å². The van der Waals surface area contributed by atoms with E-state index in [1.54, 1.807) is 26.8 Å². The van der Waals surface area contributed by atoms with Crippen molar-refractivity contribution in [2.45, 2.75) is 39.7 Å². The minimum atomic E-state index is -0.934. The fourth-order valence-electron chi connectivity index (χ4n) is 1.63. The molecule has 1 unspecified atom stereocenters. The van der Waals surface area contributed by atoms with Crippen LogP contribution in [0.5, 0.6) is 0 Å². The Balaban J connectivity index is 2.85. The van der Waals surface area contributed by atoms with Gasteiger partial charge in [0.15, 0.2) is 0 Å². The van der Waals surface area contributed by atoms with Gasteiger partial charge in [-0.15, -0.1) is 0 Å². The summed E-state index contributed by atoms with van der Waals surface area (Å²) < 4.78 is 5.26. The zero-order valence-electron chi connectivity index (χ0n) is 10.6. The predicted octanol–water partition coefficient (Wildman–Crippen LogP) is 2.31. The number of carbonyl (C=O) groups excluding carboxylic acids is 1. The van der Waals surface area contributed by atoms with E-state index in [9.17, 15) is 9.59 Å². The molecule has 0 bridgehead atoms. The summed E-state index contributed by atoms with van der Waals surface area (Å²) in [6, 6.07) is 0. The third kappa shape index (κ3) is 3.73. The molecule has 0 aromatic carbocycles. The summed E-state index contributed by atoms with van der Waals surface area (Å²) in [5.41, 5.74) is 0.323. The van der Waals surface area contributed by atoms with Crippen molar-refractivity contribution < 1.29 is 19.4 Å². The first-order valence-electron chi connectivity index (χ1n) is 5.58. The Morgan fingerprint density at radius 1 is 1.35 bits per heavy atom. The third-order valence-corrected chi connectivity index (χ3v) is 2.43. The Kier molecular flexibility index (Phi) is 3.76. The molecule has 1 N–H and O–H groups in total. The van der Waals surface area contributed by atoms with Crippen LogP contribution < -0.4 is 0 Å². The van der Waals surface area contributed by atoms with E-state index in [1.807, 2.05) is 6.92 Å². The molecule has 0 aromatic rings. The first-order valence-corrected chi connectivity index (χ1v) is 5.58. The molecule has 17 heavy (non-hydrogen) atoms. The standard InChI is InChI=1S/C13H18O4/c1-8-7-9(11(14)15)5-6-10(8)12(16)17-13(2,3)4/h5-6,8H,7H2,1-4H3,(H,14,15). The number of rotatable bonds is 2. The molecule has 4 heteroatoms. The number of aliphatic carboxylic acids is 1. The van der Waals surface area contributed by atoms with Crippen molar-refractivity contribution in [3.63, 3.8) is 0 Å². The van der Waals surface area contributed by atoms with Crippen molar-refractivity contribution in [1.82, 2.24) is 0 Å². The first-order chi connectivity index (χ1) is 7.70. The van der Waals surface area contributed by atoms with Gasteiger partial charge in [-0.1, -0.05) is 19.1 Å². The van der Waals surface area contributed by atoms with Crippen LogP contribution in [0.2, 0.25) is 0 Å². The second-order valence-corrected chi connectivity index (χ2v) is 5.23. The van der Waals surface area contributed by atoms with Crippen LogP contribution in [0.4, 0.5) is 0 Å². The van der Waals surface area contributed by atoms with E-state index in [0.717, 1.165) is 0 Å². The van der Waals surface area contributed by atoms with Crippen molar-refractivity contribution in [3.8, 4) is 0 Å². The minimum Gasteiger partial charge on any atom is -0.478 e. The van der Waals surface area contributed by atoms with E-state index in [4.69, 9.17) is 9.84 Å².